The summed E-state index contributed by atoms with van der Waals surface area (Å²) < 4.78 is 15.7. The van der Waals surface area contributed by atoms with E-state index in [0.29, 0.717) is 36.2 Å². The van der Waals surface area contributed by atoms with Gasteiger partial charge in [0.1, 0.15) is 11.6 Å². The van der Waals surface area contributed by atoms with Crippen LogP contribution >= 0.6 is 23.2 Å². The molecule has 0 saturated carbocycles. The fourth-order valence-electron chi connectivity index (χ4n) is 5.82. The third kappa shape index (κ3) is 5.49. The van der Waals surface area contributed by atoms with Gasteiger partial charge in [0.25, 0.3) is 0 Å². The summed E-state index contributed by atoms with van der Waals surface area (Å²) in [4.78, 5) is 25.0. The monoisotopic (exact) mass is 565 g/mol. The molecule has 4 aromatic rings. The summed E-state index contributed by atoms with van der Waals surface area (Å²) in [6.07, 6.45) is 1.86. The highest BCUT2D eigenvalue weighted by Crippen LogP contribution is 2.31. The molecule has 3 aromatic carbocycles. The van der Waals surface area contributed by atoms with Crippen LogP contribution in [-0.4, -0.2) is 64.5 Å². The standard InChI is InChI=1S/C30H30Cl2FN5O/c31-22-7-12-25(32)28(18-22)36-14-16-37(17-15-36)30(39)21-4-3-13-35(19-21)20-29-34-26-5-1-2-6-27(26)38(29)24-10-8-23(33)9-11-24/h1-2,5-12,18,21H,3-4,13-17,19-20H2/t21-/m1/s1. The second-order valence-corrected chi connectivity index (χ2v) is 11.2. The van der Waals surface area contributed by atoms with Crippen molar-refractivity contribution < 1.29 is 9.18 Å². The third-order valence-corrected chi connectivity index (χ3v) is 8.33. The number of nitrogens with zero attached hydrogens (tertiary/aromatic N) is 5. The summed E-state index contributed by atoms with van der Waals surface area (Å²) in [7, 11) is 0. The molecule has 2 aliphatic rings. The number of hydrogen-bond donors (Lipinski definition) is 0. The van der Waals surface area contributed by atoms with Gasteiger partial charge in [0, 0.05) is 43.4 Å². The Balaban J connectivity index is 1.14. The molecular formula is C30H30Cl2FN5O. The predicted octanol–water partition coefficient (Wildman–Crippen LogP) is 6.03. The van der Waals surface area contributed by atoms with Crippen LogP contribution in [0.4, 0.5) is 10.1 Å². The SMILES string of the molecule is O=C([C@@H]1CCCN(Cc2nc3ccccc3n2-c2ccc(F)cc2)C1)N1CCN(c2cc(Cl)ccc2Cl)CC1. The number of piperidine rings is 1. The maximum absolute atomic E-state index is 13.6. The maximum Gasteiger partial charge on any atom is 0.227 e. The van der Waals surface area contributed by atoms with Crippen LogP contribution in [0.25, 0.3) is 16.7 Å². The van der Waals surface area contributed by atoms with Gasteiger partial charge >= 0.3 is 0 Å². The van der Waals surface area contributed by atoms with Crippen molar-refractivity contribution in [3.63, 3.8) is 0 Å². The minimum atomic E-state index is -0.265. The topological polar surface area (TPSA) is 44.6 Å². The van der Waals surface area contributed by atoms with E-state index in [4.69, 9.17) is 28.2 Å². The number of benzene rings is 3. The van der Waals surface area contributed by atoms with Crippen LogP contribution in [0.1, 0.15) is 18.7 Å². The fourth-order valence-corrected chi connectivity index (χ4v) is 6.22. The van der Waals surface area contributed by atoms with Gasteiger partial charge in [0.15, 0.2) is 0 Å². The molecule has 3 heterocycles. The fraction of sp³-hybridized carbons (Fsp3) is 0.333. The van der Waals surface area contributed by atoms with E-state index in [1.165, 1.54) is 12.1 Å². The quantitative estimate of drug-likeness (QED) is 0.296. The van der Waals surface area contributed by atoms with E-state index in [1.54, 1.807) is 18.2 Å². The Morgan fingerprint density at radius 3 is 2.51 bits per heavy atom. The third-order valence-electron chi connectivity index (χ3n) is 7.78. The molecule has 0 aliphatic carbocycles. The molecule has 0 radical (unpaired) electrons. The lowest BCUT2D eigenvalue weighted by Crippen LogP contribution is -2.52. The molecule has 2 aliphatic heterocycles. The van der Waals surface area contributed by atoms with Gasteiger partial charge in [-0.15, -0.1) is 0 Å². The van der Waals surface area contributed by atoms with Gasteiger partial charge < -0.3 is 9.80 Å². The number of halogens is 3. The molecule has 0 bridgehead atoms. The second-order valence-electron chi connectivity index (χ2n) is 10.3. The van der Waals surface area contributed by atoms with E-state index in [0.717, 1.165) is 60.7 Å². The van der Waals surface area contributed by atoms with Gasteiger partial charge in [0.05, 0.1) is 34.2 Å². The minimum absolute atomic E-state index is 0.0382. The van der Waals surface area contributed by atoms with Crippen LogP contribution in [0.2, 0.25) is 10.0 Å². The molecule has 2 saturated heterocycles. The Morgan fingerprint density at radius 1 is 0.949 bits per heavy atom. The number of imidazole rings is 1. The van der Waals surface area contributed by atoms with Crippen molar-refractivity contribution in [2.75, 3.05) is 44.2 Å². The van der Waals surface area contributed by atoms with E-state index in [1.807, 2.05) is 41.3 Å². The van der Waals surface area contributed by atoms with E-state index in [-0.39, 0.29) is 17.6 Å². The molecule has 2 fully saturated rings. The Hall–Kier alpha value is -3.13. The molecule has 39 heavy (non-hydrogen) atoms. The van der Waals surface area contributed by atoms with Crippen LogP contribution in [0.3, 0.4) is 0 Å². The molecule has 0 N–H and O–H groups in total. The summed E-state index contributed by atoms with van der Waals surface area (Å²) >= 11 is 12.6. The summed E-state index contributed by atoms with van der Waals surface area (Å²) in [6, 6.07) is 20.0. The molecule has 202 valence electrons. The van der Waals surface area contributed by atoms with Crippen molar-refractivity contribution in [3.8, 4) is 5.69 Å². The van der Waals surface area contributed by atoms with Gasteiger partial charge in [-0.2, -0.15) is 0 Å². The first-order valence-electron chi connectivity index (χ1n) is 13.4. The van der Waals surface area contributed by atoms with Crippen molar-refractivity contribution >= 4 is 45.8 Å². The summed E-state index contributed by atoms with van der Waals surface area (Å²) in [6.45, 7) is 5.02. The van der Waals surface area contributed by atoms with Gasteiger partial charge in [-0.3, -0.25) is 14.3 Å². The molecule has 1 aromatic heterocycles. The normalized spacial score (nSPS) is 18.6. The van der Waals surface area contributed by atoms with Crippen LogP contribution in [0.5, 0.6) is 0 Å². The van der Waals surface area contributed by atoms with E-state index >= 15 is 0 Å². The van der Waals surface area contributed by atoms with Crippen LogP contribution in [-0.2, 0) is 11.3 Å². The van der Waals surface area contributed by atoms with E-state index in [2.05, 4.69) is 14.4 Å². The molecule has 6 nitrogen and oxygen atoms in total. The van der Waals surface area contributed by atoms with Crippen LogP contribution in [0, 0.1) is 11.7 Å². The molecule has 9 heteroatoms. The van der Waals surface area contributed by atoms with Gasteiger partial charge in [0.2, 0.25) is 5.91 Å². The molecule has 6 rings (SSSR count). The molecule has 0 spiro atoms. The molecule has 0 unspecified atom stereocenters. The number of fused-ring (bicyclic) bond motifs is 1. The van der Waals surface area contributed by atoms with Crippen molar-refractivity contribution in [3.05, 3.63) is 88.4 Å². The van der Waals surface area contributed by atoms with Gasteiger partial charge in [-0.25, -0.2) is 9.37 Å². The average molecular weight is 567 g/mol. The Kier molecular flexibility index (Phi) is 7.47. The van der Waals surface area contributed by atoms with Gasteiger partial charge in [-0.05, 0) is 74.0 Å². The number of rotatable bonds is 5. The number of amides is 1. The lowest BCUT2D eigenvalue weighted by atomic mass is 9.96. The molecule has 1 atom stereocenters. The van der Waals surface area contributed by atoms with Crippen molar-refractivity contribution in [1.82, 2.24) is 19.4 Å². The Bertz CT molecular complexity index is 1480. The van der Waals surface area contributed by atoms with Gasteiger partial charge in [-0.1, -0.05) is 35.3 Å². The van der Waals surface area contributed by atoms with E-state index < -0.39 is 0 Å². The minimum Gasteiger partial charge on any atom is -0.367 e. The maximum atomic E-state index is 13.6. The number of carbonyl (C=O) groups excluding carboxylic acids is 1. The summed E-state index contributed by atoms with van der Waals surface area (Å²) in [5, 5.41) is 1.33. The highest BCUT2D eigenvalue weighted by molar-refractivity contribution is 6.35. The number of carbonyl (C=O) groups is 1. The number of piperazine rings is 1. The Morgan fingerprint density at radius 2 is 1.72 bits per heavy atom. The Labute approximate surface area is 237 Å². The zero-order valence-corrected chi connectivity index (χ0v) is 23.1. The number of hydrogen-bond acceptors (Lipinski definition) is 4. The largest absolute Gasteiger partial charge is 0.367 e. The average Bonchev–Trinajstić information content (AvgIpc) is 3.32. The lowest BCUT2D eigenvalue weighted by Gasteiger charge is -2.40. The first-order valence-corrected chi connectivity index (χ1v) is 14.2. The number of anilines is 1. The second kappa shape index (κ2) is 11.2. The number of aromatic nitrogens is 2. The first kappa shape index (κ1) is 26.1. The first-order chi connectivity index (χ1) is 19.0. The molecule has 1 amide bonds. The summed E-state index contributed by atoms with van der Waals surface area (Å²) in [5.41, 5.74) is 3.69. The lowest BCUT2D eigenvalue weighted by molar-refractivity contribution is -0.137. The number of para-hydroxylation sites is 2. The van der Waals surface area contributed by atoms with Crippen LogP contribution in [0.15, 0.2) is 66.7 Å². The zero-order valence-electron chi connectivity index (χ0n) is 21.6. The molecular weight excluding hydrogens is 536 g/mol. The predicted molar refractivity (Wildman–Crippen MR) is 154 cm³/mol. The van der Waals surface area contributed by atoms with Crippen molar-refractivity contribution in [1.29, 1.82) is 0 Å². The summed E-state index contributed by atoms with van der Waals surface area (Å²) in [5.74, 6) is 0.814. The zero-order chi connectivity index (χ0) is 26.9. The van der Waals surface area contributed by atoms with Crippen molar-refractivity contribution in [2.24, 2.45) is 5.92 Å². The van der Waals surface area contributed by atoms with E-state index in [9.17, 15) is 9.18 Å². The van der Waals surface area contributed by atoms with Crippen LogP contribution < -0.4 is 4.90 Å². The van der Waals surface area contributed by atoms with Crippen molar-refractivity contribution in [2.45, 2.75) is 19.4 Å². The highest BCUT2D eigenvalue weighted by atomic mass is 35.5. The highest BCUT2D eigenvalue weighted by Gasteiger charge is 2.32. The number of likely N-dealkylation sites (tertiary alicyclic amines) is 1. The smallest absolute Gasteiger partial charge is 0.227 e.